The number of ether oxygens (including phenoxy) is 1. The highest BCUT2D eigenvalue weighted by Crippen LogP contribution is 2.35. The number of hydrogen-bond acceptors (Lipinski definition) is 5. The molecule has 0 saturated carbocycles. The van der Waals surface area contributed by atoms with Gasteiger partial charge in [0, 0.05) is 30.5 Å². The van der Waals surface area contributed by atoms with Gasteiger partial charge in [0.05, 0.1) is 13.7 Å². The molecule has 0 radical (unpaired) electrons. The zero-order valence-corrected chi connectivity index (χ0v) is 22.6. The van der Waals surface area contributed by atoms with Crippen LogP contribution in [0.5, 0.6) is 5.75 Å². The number of amides is 2. The van der Waals surface area contributed by atoms with Crippen molar-refractivity contribution in [1.29, 1.82) is 0 Å². The molecule has 2 aliphatic rings. The average molecular weight is 534 g/mol. The minimum absolute atomic E-state index is 0.00239. The Morgan fingerprint density at radius 3 is 2.47 bits per heavy atom. The Balaban J connectivity index is 1.79. The molecule has 10 heteroatoms. The lowest BCUT2D eigenvalue weighted by molar-refractivity contribution is -0.167. The van der Waals surface area contributed by atoms with Crippen LogP contribution in [0.15, 0.2) is 47.4 Å². The van der Waals surface area contributed by atoms with Gasteiger partial charge in [0.25, 0.3) is 0 Å². The van der Waals surface area contributed by atoms with Crippen LogP contribution in [0.25, 0.3) is 0 Å². The Kier molecular flexibility index (Phi) is 7.64. The molecule has 0 aliphatic carbocycles. The van der Waals surface area contributed by atoms with E-state index in [2.05, 4.69) is 0 Å². The number of methoxy groups -OCH3 is 1. The van der Waals surface area contributed by atoms with E-state index >= 15 is 0 Å². The van der Waals surface area contributed by atoms with Crippen LogP contribution in [0, 0.1) is 6.92 Å². The molecule has 2 aromatic carbocycles. The van der Waals surface area contributed by atoms with Crippen LogP contribution >= 0.6 is 11.6 Å². The Labute approximate surface area is 217 Å². The van der Waals surface area contributed by atoms with Gasteiger partial charge in [-0.3, -0.25) is 9.59 Å². The molecule has 4 rings (SSSR count). The minimum Gasteiger partial charge on any atom is -0.495 e. The normalized spacial score (nSPS) is 21.9. The number of rotatable bonds is 7. The van der Waals surface area contributed by atoms with Crippen LogP contribution in [0.1, 0.15) is 37.8 Å². The summed E-state index contributed by atoms with van der Waals surface area (Å²) in [5.41, 5.74) is 1.62. The van der Waals surface area contributed by atoms with E-state index in [1.807, 2.05) is 32.9 Å². The Morgan fingerprint density at radius 1 is 1.14 bits per heavy atom. The summed E-state index contributed by atoms with van der Waals surface area (Å²) >= 11 is 6.04. The van der Waals surface area contributed by atoms with Gasteiger partial charge in [0.15, 0.2) is 0 Å². The van der Waals surface area contributed by atoms with Crippen molar-refractivity contribution in [2.24, 2.45) is 0 Å². The summed E-state index contributed by atoms with van der Waals surface area (Å²) in [5.74, 6) is -0.150. The molecule has 2 saturated heterocycles. The number of fused-ring (bicyclic) bond motifs is 1. The first kappa shape index (κ1) is 26.4. The van der Waals surface area contributed by atoms with Gasteiger partial charge in [-0.2, -0.15) is 4.31 Å². The molecule has 0 spiro atoms. The molecule has 3 atom stereocenters. The SMILES string of the molecule is CCC(C)N1CC2N(C(=O)CCN2S(=O)(=O)c2cc(C)ccc2OC)C(Cc2ccc(Cl)cc2)C1=O. The van der Waals surface area contributed by atoms with E-state index in [9.17, 15) is 18.0 Å². The maximum atomic E-state index is 14.0. The highest BCUT2D eigenvalue weighted by molar-refractivity contribution is 7.89. The zero-order chi connectivity index (χ0) is 26.2. The van der Waals surface area contributed by atoms with Gasteiger partial charge >= 0.3 is 0 Å². The number of hydrogen-bond donors (Lipinski definition) is 0. The minimum atomic E-state index is -4.04. The topological polar surface area (TPSA) is 87.2 Å². The number of sulfonamides is 1. The summed E-state index contributed by atoms with van der Waals surface area (Å²) in [6.07, 6.45) is 0.161. The van der Waals surface area contributed by atoms with Crippen LogP contribution in [0.4, 0.5) is 0 Å². The number of carbonyl (C=O) groups is 2. The standard InChI is InChI=1S/C26H32ClN3O5S/c1-5-18(3)28-16-24-29(36(33,34)23-14-17(2)6-11-22(23)35-4)13-12-25(31)30(24)21(26(28)32)15-19-7-9-20(27)10-8-19/h6-11,14,18,21,24H,5,12-13,15-16H2,1-4H3. The van der Waals surface area contributed by atoms with Crippen LogP contribution in [-0.4, -0.2) is 72.8 Å². The summed E-state index contributed by atoms with van der Waals surface area (Å²) in [6, 6.07) is 11.2. The van der Waals surface area contributed by atoms with Gasteiger partial charge in [-0.05, 0) is 55.7 Å². The largest absolute Gasteiger partial charge is 0.495 e. The summed E-state index contributed by atoms with van der Waals surface area (Å²) in [5, 5.41) is 0.575. The van der Waals surface area contributed by atoms with Gasteiger partial charge in [-0.1, -0.05) is 36.7 Å². The molecule has 2 aromatic rings. The molecule has 8 nitrogen and oxygen atoms in total. The predicted octanol–water partition coefficient (Wildman–Crippen LogP) is 3.46. The third kappa shape index (κ3) is 4.84. The van der Waals surface area contributed by atoms with Crippen molar-refractivity contribution in [2.75, 3.05) is 20.2 Å². The van der Waals surface area contributed by atoms with Crippen molar-refractivity contribution < 1.29 is 22.7 Å². The van der Waals surface area contributed by atoms with Crippen LogP contribution in [-0.2, 0) is 26.0 Å². The number of nitrogens with zero attached hydrogens (tertiary/aromatic N) is 3. The molecule has 3 unspecified atom stereocenters. The number of carbonyl (C=O) groups excluding carboxylic acids is 2. The van der Waals surface area contributed by atoms with Gasteiger partial charge in [-0.25, -0.2) is 8.42 Å². The second-order valence-corrected chi connectivity index (χ2v) is 11.7. The maximum Gasteiger partial charge on any atom is 0.248 e. The first-order chi connectivity index (χ1) is 17.1. The second kappa shape index (κ2) is 10.4. The zero-order valence-electron chi connectivity index (χ0n) is 21.0. The highest BCUT2D eigenvalue weighted by atomic mass is 35.5. The van der Waals surface area contributed by atoms with Crippen LogP contribution in [0.2, 0.25) is 5.02 Å². The predicted molar refractivity (Wildman–Crippen MR) is 137 cm³/mol. The van der Waals surface area contributed by atoms with Crippen molar-refractivity contribution >= 4 is 33.4 Å². The fraction of sp³-hybridized carbons (Fsp3) is 0.462. The monoisotopic (exact) mass is 533 g/mol. The van der Waals surface area contributed by atoms with Crippen molar-refractivity contribution in [3.63, 3.8) is 0 Å². The lowest BCUT2D eigenvalue weighted by Crippen LogP contribution is -2.72. The molecule has 36 heavy (non-hydrogen) atoms. The van der Waals surface area contributed by atoms with Crippen molar-refractivity contribution in [3.05, 3.63) is 58.6 Å². The third-order valence-electron chi connectivity index (χ3n) is 7.12. The van der Waals surface area contributed by atoms with E-state index < -0.39 is 22.2 Å². The Hall–Kier alpha value is -2.62. The van der Waals surface area contributed by atoms with E-state index in [0.29, 0.717) is 11.4 Å². The van der Waals surface area contributed by atoms with Gasteiger partial charge in [0.1, 0.15) is 22.9 Å². The van der Waals surface area contributed by atoms with Crippen molar-refractivity contribution in [2.45, 2.75) is 63.2 Å². The summed E-state index contributed by atoms with van der Waals surface area (Å²) in [4.78, 5) is 30.2. The van der Waals surface area contributed by atoms with Crippen molar-refractivity contribution in [1.82, 2.24) is 14.1 Å². The first-order valence-corrected chi connectivity index (χ1v) is 13.9. The molecule has 2 aliphatic heterocycles. The number of halogens is 1. The quantitative estimate of drug-likeness (QED) is 0.544. The van der Waals surface area contributed by atoms with Crippen molar-refractivity contribution in [3.8, 4) is 5.75 Å². The highest BCUT2D eigenvalue weighted by Gasteiger charge is 2.51. The maximum absolute atomic E-state index is 14.0. The molecule has 2 amide bonds. The summed E-state index contributed by atoms with van der Waals surface area (Å²) in [7, 11) is -2.60. The molecule has 0 aromatic heterocycles. The van der Waals surface area contributed by atoms with Crippen LogP contribution < -0.4 is 4.74 Å². The molecule has 0 N–H and O–H groups in total. The van der Waals surface area contributed by atoms with E-state index in [1.54, 1.807) is 35.2 Å². The lowest BCUT2D eigenvalue weighted by Gasteiger charge is -2.52. The number of piperazine rings is 1. The molecule has 2 heterocycles. The van der Waals surface area contributed by atoms with E-state index in [-0.39, 0.29) is 54.4 Å². The average Bonchev–Trinajstić information content (AvgIpc) is 2.86. The Morgan fingerprint density at radius 2 is 1.83 bits per heavy atom. The molecular weight excluding hydrogens is 502 g/mol. The molecule has 0 bridgehead atoms. The number of aryl methyl sites for hydroxylation is 1. The summed E-state index contributed by atoms with van der Waals surface area (Å²) < 4.78 is 34.7. The second-order valence-electron chi connectivity index (χ2n) is 9.40. The molecular formula is C26H32ClN3O5S. The lowest BCUT2D eigenvalue weighted by atomic mass is 9.97. The van der Waals surface area contributed by atoms with Crippen LogP contribution in [0.3, 0.4) is 0 Å². The van der Waals surface area contributed by atoms with Gasteiger partial charge < -0.3 is 14.5 Å². The Bertz CT molecular complexity index is 1250. The summed E-state index contributed by atoms with van der Waals surface area (Å²) in [6.45, 7) is 5.90. The van der Waals surface area contributed by atoms with E-state index in [4.69, 9.17) is 16.3 Å². The van der Waals surface area contributed by atoms with Gasteiger partial charge in [0.2, 0.25) is 21.8 Å². The molecule has 2 fully saturated rings. The van der Waals surface area contributed by atoms with E-state index in [1.165, 1.54) is 16.3 Å². The first-order valence-electron chi connectivity index (χ1n) is 12.1. The van der Waals surface area contributed by atoms with Gasteiger partial charge in [-0.15, -0.1) is 0 Å². The fourth-order valence-electron chi connectivity index (χ4n) is 4.96. The molecule has 194 valence electrons. The number of benzene rings is 2. The fourth-order valence-corrected chi connectivity index (χ4v) is 6.90. The van der Waals surface area contributed by atoms with E-state index in [0.717, 1.165) is 11.1 Å². The third-order valence-corrected chi connectivity index (χ3v) is 9.29. The smallest absolute Gasteiger partial charge is 0.248 e.